The van der Waals surface area contributed by atoms with Gasteiger partial charge in [-0.2, -0.15) is 4.98 Å². The first-order valence-electron chi connectivity index (χ1n) is 7.20. The highest BCUT2D eigenvalue weighted by Gasteiger charge is 2.26. The van der Waals surface area contributed by atoms with Crippen molar-refractivity contribution in [2.75, 3.05) is 12.9 Å². The van der Waals surface area contributed by atoms with Gasteiger partial charge in [0.25, 0.3) is 0 Å². The maximum Gasteiger partial charge on any atom is 0.216 e. The Hall–Kier alpha value is -0.850. The largest absolute Gasteiger partial charge is 0.481 e. The van der Waals surface area contributed by atoms with E-state index in [9.17, 15) is 0 Å². The van der Waals surface area contributed by atoms with Gasteiger partial charge in [0.05, 0.1) is 11.7 Å². The van der Waals surface area contributed by atoms with Gasteiger partial charge in [0.15, 0.2) is 5.16 Å². The molecule has 0 aliphatic carbocycles. The van der Waals surface area contributed by atoms with Crippen LogP contribution in [0, 0.1) is 0 Å². The van der Waals surface area contributed by atoms with E-state index in [1.165, 1.54) is 17.7 Å². The summed E-state index contributed by atoms with van der Waals surface area (Å²) in [5.41, 5.74) is 0. The van der Waals surface area contributed by atoms with Crippen molar-refractivity contribution >= 4 is 35.3 Å². The third-order valence-corrected chi connectivity index (χ3v) is 7.52. The fourth-order valence-electron chi connectivity index (χ4n) is 2.21. The topological polar surface area (TPSA) is 35.0 Å². The average Bonchev–Trinajstić information content (AvgIpc) is 3.01. The lowest BCUT2D eigenvalue weighted by atomic mass is 10.3. The Bertz CT molecular complexity index is 597. The van der Waals surface area contributed by atoms with Gasteiger partial charge < -0.3 is 4.74 Å². The van der Waals surface area contributed by atoms with E-state index in [1.54, 1.807) is 31.1 Å². The molecule has 0 bridgehead atoms. The molecule has 0 spiro atoms. The minimum absolute atomic E-state index is 0.633. The Labute approximate surface area is 144 Å². The first kappa shape index (κ1) is 16.0. The summed E-state index contributed by atoms with van der Waals surface area (Å²) in [7, 11) is 1.63. The molecule has 116 valence electrons. The van der Waals surface area contributed by atoms with Gasteiger partial charge in [0.2, 0.25) is 5.88 Å². The van der Waals surface area contributed by atoms with Crippen molar-refractivity contribution in [3.63, 3.8) is 0 Å². The molecule has 0 amide bonds. The Morgan fingerprint density at radius 2 is 2.09 bits per heavy atom. The number of ether oxygens (including phenoxy) is 1. The predicted molar refractivity (Wildman–Crippen MR) is 96.0 cm³/mol. The standard InChI is InChI=1S/C16H18N2OS3/c1-19-14-9-10-17-16(18-14)20-11-13-7-8-15(22-13)21-12-5-3-2-4-6-12/h2-6,9-10,13,15H,7-8,11H2,1H3/t13-,15?/m0/s1. The first-order valence-corrected chi connectivity index (χ1v) is 10.0. The fraction of sp³-hybridized carbons (Fsp3) is 0.375. The SMILES string of the molecule is COc1ccnc(SC[C@@H]2CCC(Sc3ccccc3)S2)n1. The maximum atomic E-state index is 5.14. The number of nitrogens with zero attached hydrogens (tertiary/aromatic N) is 2. The molecule has 0 radical (unpaired) electrons. The lowest BCUT2D eigenvalue weighted by molar-refractivity contribution is 0.392. The second kappa shape index (κ2) is 8.13. The molecule has 3 nitrogen and oxygen atoms in total. The van der Waals surface area contributed by atoms with Gasteiger partial charge in [0.1, 0.15) is 0 Å². The third kappa shape index (κ3) is 4.57. The third-order valence-electron chi connectivity index (χ3n) is 3.29. The van der Waals surface area contributed by atoms with Crippen LogP contribution in [-0.2, 0) is 0 Å². The normalized spacial score (nSPS) is 21.0. The van der Waals surface area contributed by atoms with Crippen LogP contribution in [0.25, 0.3) is 0 Å². The minimum Gasteiger partial charge on any atom is -0.481 e. The van der Waals surface area contributed by atoms with E-state index in [0.29, 0.717) is 15.7 Å². The van der Waals surface area contributed by atoms with E-state index in [4.69, 9.17) is 4.74 Å². The summed E-state index contributed by atoms with van der Waals surface area (Å²) < 4.78 is 5.80. The van der Waals surface area contributed by atoms with Crippen LogP contribution in [0.3, 0.4) is 0 Å². The van der Waals surface area contributed by atoms with E-state index in [0.717, 1.165) is 10.9 Å². The number of hydrogen-bond acceptors (Lipinski definition) is 6. The summed E-state index contributed by atoms with van der Waals surface area (Å²) in [4.78, 5) is 10.0. The molecule has 22 heavy (non-hydrogen) atoms. The van der Waals surface area contributed by atoms with Gasteiger partial charge in [-0.15, -0.1) is 23.5 Å². The lowest BCUT2D eigenvalue weighted by Gasteiger charge is -2.10. The summed E-state index contributed by atoms with van der Waals surface area (Å²) in [5.74, 6) is 1.69. The van der Waals surface area contributed by atoms with Crippen LogP contribution in [0.1, 0.15) is 12.8 Å². The van der Waals surface area contributed by atoms with Crippen molar-refractivity contribution in [1.29, 1.82) is 0 Å². The molecule has 3 rings (SSSR count). The zero-order chi connectivity index (χ0) is 15.2. The molecule has 1 aliphatic rings. The molecule has 0 saturated carbocycles. The highest BCUT2D eigenvalue weighted by atomic mass is 32.2. The zero-order valence-corrected chi connectivity index (χ0v) is 14.8. The number of hydrogen-bond donors (Lipinski definition) is 0. The number of rotatable bonds is 6. The zero-order valence-electron chi connectivity index (χ0n) is 12.3. The van der Waals surface area contributed by atoms with Gasteiger partial charge in [0, 0.05) is 28.2 Å². The van der Waals surface area contributed by atoms with Crippen molar-refractivity contribution in [1.82, 2.24) is 9.97 Å². The Morgan fingerprint density at radius 1 is 1.23 bits per heavy atom. The summed E-state index contributed by atoms with van der Waals surface area (Å²) in [6, 6.07) is 12.4. The maximum absolute atomic E-state index is 5.14. The molecule has 2 heterocycles. The van der Waals surface area contributed by atoms with Crippen LogP contribution in [-0.4, -0.2) is 32.7 Å². The molecule has 2 atom stereocenters. The van der Waals surface area contributed by atoms with Gasteiger partial charge >= 0.3 is 0 Å². The molecule has 0 N–H and O–H groups in total. The van der Waals surface area contributed by atoms with Gasteiger partial charge in [-0.3, -0.25) is 0 Å². The highest BCUT2D eigenvalue weighted by Crippen LogP contribution is 2.44. The Balaban J connectivity index is 1.46. The first-order chi connectivity index (χ1) is 10.8. The summed E-state index contributed by atoms with van der Waals surface area (Å²) in [6.07, 6.45) is 4.30. The van der Waals surface area contributed by atoms with Crippen molar-refractivity contribution in [2.45, 2.75) is 32.7 Å². The average molecular weight is 351 g/mol. The smallest absolute Gasteiger partial charge is 0.216 e. The molecule has 1 unspecified atom stereocenters. The fourth-order valence-corrected chi connectivity index (χ4v) is 6.39. The van der Waals surface area contributed by atoms with Gasteiger partial charge in [-0.25, -0.2) is 4.98 Å². The van der Waals surface area contributed by atoms with Crippen molar-refractivity contribution < 1.29 is 4.74 Å². The quantitative estimate of drug-likeness (QED) is 0.560. The van der Waals surface area contributed by atoms with Crippen molar-refractivity contribution in [3.8, 4) is 5.88 Å². The second-order valence-electron chi connectivity index (χ2n) is 4.89. The number of methoxy groups -OCH3 is 1. The molecule has 1 saturated heterocycles. The number of benzene rings is 1. The van der Waals surface area contributed by atoms with E-state index < -0.39 is 0 Å². The van der Waals surface area contributed by atoms with Crippen LogP contribution in [0.2, 0.25) is 0 Å². The molecule has 1 aliphatic heterocycles. The van der Waals surface area contributed by atoms with Crippen LogP contribution in [0.15, 0.2) is 52.6 Å². The molecular formula is C16H18N2OS3. The molecule has 1 aromatic heterocycles. The second-order valence-corrected chi connectivity index (χ2v) is 8.96. The summed E-state index contributed by atoms with van der Waals surface area (Å²) in [6.45, 7) is 0. The number of aromatic nitrogens is 2. The molecule has 1 fully saturated rings. The lowest BCUT2D eigenvalue weighted by Crippen LogP contribution is -2.02. The van der Waals surface area contributed by atoms with Crippen LogP contribution in [0.4, 0.5) is 0 Å². The Kier molecular flexibility index (Phi) is 5.92. The van der Waals surface area contributed by atoms with Gasteiger partial charge in [-0.1, -0.05) is 30.0 Å². The predicted octanol–water partition coefficient (Wildman–Crippen LogP) is 4.59. The summed E-state index contributed by atoms with van der Waals surface area (Å²) >= 11 is 5.80. The highest BCUT2D eigenvalue weighted by molar-refractivity contribution is 8.17. The molecular weight excluding hydrogens is 332 g/mol. The Morgan fingerprint density at radius 3 is 2.91 bits per heavy atom. The molecule has 1 aromatic carbocycles. The van der Waals surface area contributed by atoms with Crippen molar-refractivity contribution in [2.24, 2.45) is 0 Å². The summed E-state index contributed by atoms with van der Waals surface area (Å²) in [5, 5.41) is 1.49. The number of thioether (sulfide) groups is 3. The van der Waals surface area contributed by atoms with Crippen LogP contribution in [0.5, 0.6) is 5.88 Å². The molecule has 6 heteroatoms. The van der Waals surface area contributed by atoms with E-state index in [2.05, 4.69) is 52.1 Å². The molecule has 2 aromatic rings. The van der Waals surface area contributed by atoms with E-state index in [1.807, 2.05) is 11.8 Å². The van der Waals surface area contributed by atoms with Crippen LogP contribution < -0.4 is 4.74 Å². The van der Waals surface area contributed by atoms with E-state index in [-0.39, 0.29) is 0 Å². The van der Waals surface area contributed by atoms with E-state index >= 15 is 0 Å². The van der Waals surface area contributed by atoms with Crippen molar-refractivity contribution in [3.05, 3.63) is 42.6 Å². The van der Waals surface area contributed by atoms with Gasteiger partial charge in [-0.05, 0) is 25.0 Å². The van der Waals surface area contributed by atoms with Crippen LogP contribution >= 0.6 is 35.3 Å². The minimum atomic E-state index is 0.633. The monoisotopic (exact) mass is 350 g/mol.